The van der Waals surface area contributed by atoms with E-state index in [4.69, 9.17) is 9.47 Å². The first kappa shape index (κ1) is 18.0. The van der Waals surface area contributed by atoms with Crippen LogP contribution >= 0.6 is 11.3 Å². The van der Waals surface area contributed by atoms with Crippen LogP contribution in [-0.4, -0.2) is 37.2 Å². The van der Waals surface area contributed by atoms with Gasteiger partial charge in [0.05, 0.1) is 24.4 Å². The van der Waals surface area contributed by atoms with Crippen molar-refractivity contribution < 1.29 is 19.1 Å². The zero-order valence-electron chi connectivity index (χ0n) is 14.9. The minimum absolute atomic E-state index is 0.0513. The SMILES string of the molecule is CCN(C(=O)Cn1c(C(=O)OC)cc2sccc21)c1cccc(OC)c1. The van der Waals surface area contributed by atoms with E-state index in [0.717, 1.165) is 15.9 Å². The van der Waals surface area contributed by atoms with Gasteiger partial charge in [-0.3, -0.25) is 4.79 Å². The minimum Gasteiger partial charge on any atom is -0.497 e. The summed E-state index contributed by atoms with van der Waals surface area (Å²) in [7, 11) is 2.93. The Balaban J connectivity index is 1.94. The number of hydrogen-bond acceptors (Lipinski definition) is 5. The van der Waals surface area contributed by atoms with Gasteiger partial charge in [0.1, 0.15) is 18.0 Å². The summed E-state index contributed by atoms with van der Waals surface area (Å²) in [4.78, 5) is 26.8. The highest BCUT2D eigenvalue weighted by Crippen LogP contribution is 2.27. The molecule has 0 aliphatic rings. The molecule has 0 aliphatic heterocycles. The van der Waals surface area contributed by atoms with Crippen molar-refractivity contribution in [2.24, 2.45) is 0 Å². The van der Waals surface area contributed by atoms with Crippen molar-refractivity contribution in [3.05, 3.63) is 47.5 Å². The molecule has 0 saturated carbocycles. The molecular weight excluding hydrogens is 352 g/mol. The second kappa shape index (κ2) is 7.61. The number of rotatable bonds is 6. The van der Waals surface area contributed by atoms with Crippen LogP contribution in [-0.2, 0) is 16.1 Å². The van der Waals surface area contributed by atoms with Crippen LogP contribution in [0, 0.1) is 0 Å². The van der Waals surface area contributed by atoms with Gasteiger partial charge in [0.15, 0.2) is 0 Å². The number of aromatic nitrogens is 1. The largest absolute Gasteiger partial charge is 0.497 e. The second-order valence-electron chi connectivity index (χ2n) is 5.62. The number of benzene rings is 1. The van der Waals surface area contributed by atoms with Crippen LogP contribution < -0.4 is 9.64 Å². The Kier molecular flexibility index (Phi) is 5.27. The predicted octanol–water partition coefficient (Wildman–Crippen LogP) is 3.55. The molecule has 2 aromatic heterocycles. The zero-order chi connectivity index (χ0) is 18.7. The molecule has 0 N–H and O–H groups in total. The number of esters is 1. The Morgan fingerprint density at radius 1 is 1.19 bits per heavy atom. The molecule has 136 valence electrons. The lowest BCUT2D eigenvalue weighted by Crippen LogP contribution is -2.34. The predicted molar refractivity (Wildman–Crippen MR) is 102 cm³/mol. The molecule has 0 aliphatic carbocycles. The highest BCUT2D eigenvalue weighted by atomic mass is 32.1. The number of ether oxygens (including phenoxy) is 2. The van der Waals surface area contributed by atoms with E-state index in [2.05, 4.69) is 0 Å². The summed E-state index contributed by atoms with van der Waals surface area (Å²) in [6, 6.07) is 11.0. The van der Waals surface area contributed by atoms with Crippen LogP contribution in [0.5, 0.6) is 5.75 Å². The van der Waals surface area contributed by atoms with E-state index in [1.807, 2.05) is 42.6 Å². The van der Waals surface area contributed by atoms with Gasteiger partial charge < -0.3 is 18.9 Å². The van der Waals surface area contributed by atoms with E-state index in [1.165, 1.54) is 18.4 Å². The molecule has 0 atom stereocenters. The number of anilines is 1. The average Bonchev–Trinajstić information content (AvgIpc) is 3.24. The number of fused-ring (bicyclic) bond motifs is 1. The molecule has 26 heavy (non-hydrogen) atoms. The molecule has 0 radical (unpaired) electrons. The second-order valence-corrected chi connectivity index (χ2v) is 6.56. The van der Waals surface area contributed by atoms with Crippen LogP contribution in [0.1, 0.15) is 17.4 Å². The molecule has 0 fully saturated rings. The van der Waals surface area contributed by atoms with E-state index in [0.29, 0.717) is 18.0 Å². The molecule has 1 amide bonds. The topological polar surface area (TPSA) is 60.8 Å². The lowest BCUT2D eigenvalue weighted by molar-refractivity contribution is -0.119. The Bertz CT molecular complexity index is 944. The van der Waals surface area contributed by atoms with Crippen LogP contribution in [0.4, 0.5) is 5.69 Å². The van der Waals surface area contributed by atoms with E-state index < -0.39 is 5.97 Å². The monoisotopic (exact) mass is 372 g/mol. The smallest absolute Gasteiger partial charge is 0.354 e. The van der Waals surface area contributed by atoms with Crippen LogP contribution in [0.25, 0.3) is 10.2 Å². The van der Waals surface area contributed by atoms with Gasteiger partial charge in [-0.05, 0) is 36.6 Å². The molecule has 3 rings (SSSR count). The normalized spacial score (nSPS) is 10.7. The number of methoxy groups -OCH3 is 2. The third-order valence-electron chi connectivity index (χ3n) is 4.19. The molecule has 0 unspecified atom stereocenters. The maximum absolute atomic E-state index is 13.0. The standard InChI is InChI=1S/C19H20N2O4S/c1-4-20(13-6-5-7-14(10-13)24-2)18(22)12-21-15-8-9-26-17(15)11-16(21)19(23)25-3/h5-11H,4,12H2,1-3H3. The fourth-order valence-electron chi connectivity index (χ4n) is 2.92. The summed E-state index contributed by atoms with van der Waals surface area (Å²) >= 11 is 1.52. The molecule has 0 bridgehead atoms. The van der Waals surface area contributed by atoms with E-state index >= 15 is 0 Å². The average molecular weight is 372 g/mol. The number of nitrogens with zero attached hydrogens (tertiary/aromatic N) is 2. The highest BCUT2D eigenvalue weighted by Gasteiger charge is 2.22. The first-order valence-electron chi connectivity index (χ1n) is 8.18. The van der Waals surface area contributed by atoms with Gasteiger partial charge in [-0.1, -0.05) is 6.07 Å². The number of likely N-dealkylation sites (N-methyl/N-ethyl adjacent to an activating group) is 1. The molecule has 0 saturated heterocycles. The van der Waals surface area contributed by atoms with Crippen molar-refractivity contribution in [2.45, 2.75) is 13.5 Å². The highest BCUT2D eigenvalue weighted by molar-refractivity contribution is 7.17. The molecule has 0 spiro atoms. The summed E-state index contributed by atoms with van der Waals surface area (Å²) in [5, 5.41) is 1.94. The molecule has 1 aromatic carbocycles. The summed E-state index contributed by atoms with van der Waals surface area (Å²) < 4.78 is 12.8. The summed E-state index contributed by atoms with van der Waals surface area (Å²) in [6.07, 6.45) is 0. The summed E-state index contributed by atoms with van der Waals surface area (Å²) in [5.74, 6) is 0.116. The van der Waals surface area contributed by atoms with Crippen LogP contribution in [0.3, 0.4) is 0 Å². The van der Waals surface area contributed by atoms with Crippen LogP contribution in [0.2, 0.25) is 0 Å². The maximum Gasteiger partial charge on any atom is 0.354 e. The molecule has 2 heterocycles. The van der Waals surface area contributed by atoms with Gasteiger partial charge >= 0.3 is 5.97 Å². The van der Waals surface area contributed by atoms with Crippen molar-refractivity contribution in [3.8, 4) is 5.75 Å². The third-order valence-corrected chi connectivity index (χ3v) is 5.05. The van der Waals surface area contributed by atoms with Gasteiger partial charge in [0.25, 0.3) is 0 Å². The fourth-order valence-corrected chi connectivity index (χ4v) is 3.75. The Morgan fingerprint density at radius 2 is 2.00 bits per heavy atom. The quantitative estimate of drug-likeness (QED) is 0.621. The summed E-state index contributed by atoms with van der Waals surface area (Å²) in [6.45, 7) is 2.47. The van der Waals surface area contributed by atoms with Gasteiger partial charge in [0.2, 0.25) is 5.91 Å². The fraction of sp³-hybridized carbons (Fsp3) is 0.263. The van der Waals surface area contributed by atoms with E-state index in [1.54, 1.807) is 22.6 Å². The van der Waals surface area contributed by atoms with Gasteiger partial charge in [-0.25, -0.2) is 4.79 Å². The Hall–Kier alpha value is -2.80. The number of carbonyl (C=O) groups excluding carboxylic acids is 2. The van der Waals surface area contributed by atoms with E-state index in [-0.39, 0.29) is 12.5 Å². The van der Waals surface area contributed by atoms with Gasteiger partial charge in [0, 0.05) is 18.3 Å². The zero-order valence-corrected chi connectivity index (χ0v) is 15.7. The molecular formula is C19H20N2O4S. The lowest BCUT2D eigenvalue weighted by Gasteiger charge is -2.22. The lowest BCUT2D eigenvalue weighted by atomic mass is 10.2. The maximum atomic E-state index is 13.0. The minimum atomic E-state index is -0.453. The molecule has 7 heteroatoms. The van der Waals surface area contributed by atoms with E-state index in [9.17, 15) is 9.59 Å². The Morgan fingerprint density at radius 3 is 2.69 bits per heavy atom. The molecule has 3 aromatic rings. The summed E-state index contributed by atoms with van der Waals surface area (Å²) in [5.41, 5.74) is 1.99. The third kappa shape index (κ3) is 3.30. The van der Waals surface area contributed by atoms with Crippen LogP contribution in [0.15, 0.2) is 41.8 Å². The number of carbonyl (C=O) groups is 2. The van der Waals surface area contributed by atoms with Crippen molar-refractivity contribution in [1.29, 1.82) is 0 Å². The van der Waals surface area contributed by atoms with Crippen molar-refractivity contribution >= 4 is 39.1 Å². The first-order chi connectivity index (χ1) is 12.6. The number of hydrogen-bond donors (Lipinski definition) is 0. The van der Waals surface area contributed by atoms with Gasteiger partial charge in [-0.2, -0.15) is 0 Å². The van der Waals surface area contributed by atoms with Gasteiger partial charge in [-0.15, -0.1) is 11.3 Å². The number of amides is 1. The number of thiophene rings is 1. The molecule has 6 nitrogen and oxygen atoms in total. The van der Waals surface area contributed by atoms with Crippen molar-refractivity contribution in [3.63, 3.8) is 0 Å². The van der Waals surface area contributed by atoms with Crippen molar-refractivity contribution in [1.82, 2.24) is 4.57 Å². The first-order valence-corrected chi connectivity index (χ1v) is 9.06. The Labute approximate surface area is 155 Å². The van der Waals surface area contributed by atoms with Crippen molar-refractivity contribution in [2.75, 3.05) is 25.7 Å².